The van der Waals surface area contributed by atoms with Crippen LogP contribution in [0.4, 0.5) is 0 Å². The van der Waals surface area contributed by atoms with E-state index in [1.165, 1.54) is 0 Å². The van der Waals surface area contributed by atoms with Gasteiger partial charge in [-0.1, -0.05) is 42.5 Å². The molecular weight excluding hydrogens is 368 g/mol. The van der Waals surface area contributed by atoms with Crippen molar-refractivity contribution in [3.05, 3.63) is 82.8 Å². The molecule has 0 N–H and O–H groups in total. The Hall–Kier alpha value is -2.59. The Bertz CT molecular complexity index is 843. The quantitative estimate of drug-likeness (QED) is 0.451. The number of methoxy groups -OCH3 is 1. The number of halogens is 1. The molecule has 3 nitrogen and oxygen atoms in total. The first-order valence-corrected chi connectivity index (χ1v) is 8.18. The Kier molecular flexibility index (Phi) is 4.96. The van der Waals surface area contributed by atoms with Crippen LogP contribution < -0.4 is 9.47 Å². The summed E-state index contributed by atoms with van der Waals surface area (Å²) < 4.78 is 11.3. The van der Waals surface area contributed by atoms with Crippen LogP contribution in [-0.4, -0.2) is 13.1 Å². The molecule has 0 heterocycles. The summed E-state index contributed by atoms with van der Waals surface area (Å²) in [5, 5.41) is 0. The van der Waals surface area contributed by atoms with Gasteiger partial charge >= 0.3 is 5.97 Å². The molecular formula is C20H15BrO3. The Balaban J connectivity index is 1.78. The maximum atomic E-state index is 12.4. The largest absolute Gasteiger partial charge is 0.497 e. The summed E-state index contributed by atoms with van der Waals surface area (Å²) >= 11 is 3.36. The summed E-state index contributed by atoms with van der Waals surface area (Å²) in [5.74, 6) is 0.659. The summed E-state index contributed by atoms with van der Waals surface area (Å²) in [6, 6.07) is 22.6. The lowest BCUT2D eigenvalue weighted by Gasteiger charge is -2.08. The second-order valence-electron chi connectivity index (χ2n) is 5.13. The van der Waals surface area contributed by atoms with Crippen molar-refractivity contribution in [1.82, 2.24) is 0 Å². The maximum absolute atomic E-state index is 12.4. The van der Waals surface area contributed by atoms with Gasteiger partial charge in [-0.25, -0.2) is 4.79 Å². The summed E-state index contributed by atoms with van der Waals surface area (Å²) in [6.07, 6.45) is 0. The smallest absolute Gasteiger partial charge is 0.344 e. The first-order valence-electron chi connectivity index (χ1n) is 7.38. The van der Waals surface area contributed by atoms with Crippen LogP contribution in [0.5, 0.6) is 11.5 Å². The molecule has 0 amide bonds. The van der Waals surface area contributed by atoms with Crippen molar-refractivity contribution >= 4 is 21.9 Å². The molecule has 0 saturated heterocycles. The van der Waals surface area contributed by atoms with Crippen LogP contribution in [0, 0.1) is 0 Å². The highest BCUT2D eigenvalue weighted by Gasteiger charge is 2.14. The number of hydrogen-bond acceptors (Lipinski definition) is 3. The van der Waals surface area contributed by atoms with E-state index in [0.717, 1.165) is 11.1 Å². The average molecular weight is 383 g/mol. The predicted octanol–water partition coefficient (Wildman–Crippen LogP) is 5.34. The molecule has 0 radical (unpaired) electrons. The van der Waals surface area contributed by atoms with Gasteiger partial charge in [0.05, 0.1) is 12.7 Å². The molecule has 0 aliphatic carbocycles. The van der Waals surface area contributed by atoms with Crippen LogP contribution in [0.3, 0.4) is 0 Å². The zero-order valence-electron chi connectivity index (χ0n) is 13.0. The van der Waals surface area contributed by atoms with E-state index in [1.807, 2.05) is 42.5 Å². The minimum absolute atomic E-state index is 0.418. The Morgan fingerprint density at radius 1 is 0.833 bits per heavy atom. The molecule has 0 aromatic heterocycles. The van der Waals surface area contributed by atoms with Gasteiger partial charge in [0.2, 0.25) is 0 Å². The van der Waals surface area contributed by atoms with Crippen LogP contribution in [0.1, 0.15) is 10.4 Å². The zero-order chi connectivity index (χ0) is 16.9. The van der Waals surface area contributed by atoms with Gasteiger partial charge in [-0.3, -0.25) is 0 Å². The summed E-state index contributed by atoms with van der Waals surface area (Å²) in [7, 11) is 1.56. The normalized spacial score (nSPS) is 10.2. The number of rotatable bonds is 4. The van der Waals surface area contributed by atoms with Crippen molar-refractivity contribution in [1.29, 1.82) is 0 Å². The average Bonchev–Trinajstić information content (AvgIpc) is 2.63. The van der Waals surface area contributed by atoms with Crippen LogP contribution in [0.2, 0.25) is 0 Å². The lowest BCUT2D eigenvalue weighted by Crippen LogP contribution is -2.09. The van der Waals surface area contributed by atoms with E-state index in [-0.39, 0.29) is 0 Å². The molecule has 0 fully saturated rings. The van der Waals surface area contributed by atoms with Gasteiger partial charge in [0, 0.05) is 4.47 Å². The van der Waals surface area contributed by atoms with Gasteiger partial charge in [0.25, 0.3) is 0 Å². The Morgan fingerprint density at radius 2 is 1.46 bits per heavy atom. The molecule has 3 rings (SSSR count). The fourth-order valence-corrected chi connectivity index (χ4v) is 2.70. The Morgan fingerprint density at radius 3 is 2.12 bits per heavy atom. The number of benzene rings is 3. The second kappa shape index (κ2) is 7.32. The van der Waals surface area contributed by atoms with Crippen molar-refractivity contribution in [3.8, 4) is 22.6 Å². The standard InChI is InChI=1S/C20H15BrO3/c1-23-17-11-12-19(21)18(13-17)20(22)24-16-9-7-15(8-10-16)14-5-3-2-4-6-14/h2-13H,1H3. The fourth-order valence-electron chi connectivity index (χ4n) is 2.30. The summed E-state index contributed by atoms with van der Waals surface area (Å²) in [6.45, 7) is 0. The summed E-state index contributed by atoms with van der Waals surface area (Å²) in [4.78, 5) is 12.4. The molecule has 0 unspecified atom stereocenters. The highest BCUT2D eigenvalue weighted by atomic mass is 79.9. The monoisotopic (exact) mass is 382 g/mol. The fraction of sp³-hybridized carbons (Fsp3) is 0.0500. The topological polar surface area (TPSA) is 35.5 Å². The van der Waals surface area contributed by atoms with Crippen LogP contribution in [0.15, 0.2) is 77.3 Å². The molecule has 0 spiro atoms. The van der Waals surface area contributed by atoms with E-state index in [4.69, 9.17) is 9.47 Å². The van der Waals surface area contributed by atoms with E-state index >= 15 is 0 Å². The molecule has 0 aliphatic heterocycles. The van der Waals surface area contributed by atoms with E-state index in [0.29, 0.717) is 21.5 Å². The van der Waals surface area contributed by atoms with Crippen LogP contribution >= 0.6 is 15.9 Å². The molecule has 120 valence electrons. The van der Waals surface area contributed by atoms with Crippen molar-refractivity contribution < 1.29 is 14.3 Å². The maximum Gasteiger partial charge on any atom is 0.344 e. The molecule has 4 heteroatoms. The molecule has 24 heavy (non-hydrogen) atoms. The minimum Gasteiger partial charge on any atom is -0.497 e. The third kappa shape index (κ3) is 3.66. The second-order valence-corrected chi connectivity index (χ2v) is 5.98. The summed E-state index contributed by atoms with van der Waals surface area (Å²) in [5.41, 5.74) is 2.60. The first-order chi connectivity index (χ1) is 11.7. The van der Waals surface area contributed by atoms with Crippen molar-refractivity contribution in [2.75, 3.05) is 7.11 Å². The van der Waals surface area contributed by atoms with E-state index in [9.17, 15) is 4.79 Å². The SMILES string of the molecule is COc1ccc(Br)c(C(=O)Oc2ccc(-c3ccccc3)cc2)c1. The van der Waals surface area contributed by atoms with Crippen molar-refractivity contribution in [2.45, 2.75) is 0 Å². The highest BCUT2D eigenvalue weighted by molar-refractivity contribution is 9.10. The van der Waals surface area contributed by atoms with E-state index < -0.39 is 5.97 Å². The number of hydrogen-bond donors (Lipinski definition) is 0. The third-order valence-corrected chi connectivity index (χ3v) is 4.26. The van der Waals surface area contributed by atoms with Crippen LogP contribution in [0.25, 0.3) is 11.1 Å². The van der Waals surface area contributed by atoms with Gasteiger partial charge in [-0.15, -0.1) is 0 Å². The lowest BCUT2D eigenvalue weighted by atomic mass is 10.1. The van der Waals surface area contributed by atoms with Gasteiger partial charge < -0.3 is 9.47 Å². The Labute approximate surface area is 149 Å². The molecule has 0 bridgehead atoms. The number of ether oxygens (including phenoxy) is 2. The number of esters is 1. The zero-order valence-corrected chi connectivity index (χ0v) is 14.6. The van der Waals surface area contributed by atoms with Crippen LogP contribution in [-0.2, 0) is 0 Å². The first kappa shape index (κ1) is 16.3. The molecule has 0 atom stereocenters. The minimum atomic E-state index is -0.437. The van der Waals surface area contributed by atoms with Gasteiger partial charge in [0.1, 0.15) is 11.5 Å². The van der Waals surface area contributed by atoms with E-state index in [1.54, 1.807) is 37.4 Å². The number of carbonyl (C=O) groups excluding carboxylic acids is 1. The predicted molar refractivity (Wildman–Crippen MR) is 97.5 cm³/mol. The van der Waals surface area contributed by atoms with Crippen molar-refractivity contribution in [2.24, 2.45) is 0 Å². The molecule has 3 aromatic carbocycles. The molecule has 0 saturated carbocycles. The third-order valence-electron chi connectivity index (χ3n) is 3.57. The molecule has 3 aromatic rings. The molecule has 0 aliphatic rings. The van der Waals surface area contributed by atoms with Crippen molar-refractivity contribution in [3.63, 3.8) is 0 Å². The highest BCUT2D eigenvalue weighted by Crippen LogP contribution is 2.26. The van der Waals surface area contributed by atoms with E-state index in [2.05, 4.69) is 15.9 Å². The van der Waals surface area contributed by atoms with Gasteiger partial charge in [-0.05, 0) is 57.4 Å². The van der Waals surface area contributed by atoms with Gasteiger partial charge in [0.15, 0.2) is 0 Å². The van der Waals surface area contributed by atoms with Gasteiger partial charge in [-0.2, -0.15) is 0 Å². The number of carbonyl (C=O) groups is 1. The lowest BCUT2D eigenvalue weighted by molar-refractivity contribution is 0.0733.